The molecule has 3 N–H and O–H groups in total. The van der Waals surface area contributed by atoms with E-state index in [4.69, 9.17) is 9.88 Å². The van der Waals surface area contributed by atoms with Crippen molar-refractivity contribution in [3.8, 4) is 5.75 Å². The first-order valence-electron chi connectivity index (χ1n) is 11.1. The largest absolute Gasteiger partial charge is 0.497 e. The fourth-order valence-electron chi connectivity index (χ4n) is 4.24. The van der Waals surface area contributed by atoms with E-state index in [1.165, 1.54) is 24.4 Å². The second kappa shape index (κ2) is 10.0. The summed E-state index contributed by atoms with van der Waals surface area (Å²) in [6.07, 6.45) is 2.72. The first kappa shape index (κ1) is 24.6. The summed E-state index contributed by atoms with van der Waals surface area (Å²) < 4.78 is 42.3. The Hall–Kier alpha value is -3.50. The molecule has 4 rings (SSSR count). The van der Waals surface area contributed by atoms with E-state index in [0.717, 1.165) is 24.0 Å². The highest BCUT2D eigenvalue weighted by Crippen LogP contribution is 2.31. The topological polar surface area (TPSA) is 115 Å². The summed E-state index contributed by atoms with van der Waals surface area (Å²) in [7, 11) is -2.50. The zero-order chi connectivity index (χ0) is 25.2. The van der Waals surface area contributed by atoms with Crippen molar-refractivity contribution in [2.75, 3.05) is 25.5 Å². The molecule has 1 aliphatic rings. The number of hydrogen-bond acceptors (Lipinski definition) is 6. The van der Waals surface area contributed by atoms with Crippen LogP contribution in [0.2, 0.25) is 0 Å². The van der Waals surface area contributed by atoms with Gasteiger partial charge in [-0.2, -0.15) is 0 Å². The second-order valence-corrected chi connectivity index (χ2v) is 10.0. The quantitative estimate of drug-likeness (QED) is 0.532. The molecule has 1 aromatic heterocycles. The van der Waals surface area contributed by atoms with E-state index < -0.39 is 10.0 Å². The minimum Gasteiger partial charge on any atom is -0.497 e. The number of carbonyl (C=O) groups excluding carboxylic acids is 1. The molecular formula is C25H27FN4O4S. The second-order valence-electron chi connectivity index (χ2n) is 8.54. The van der Waals surface area contributed by atoms with Gasteiger partial charge in [-0.1, -0.05) is 12.1 Å². The molecule has 0 aliphatic carbocycles. The predicted molar refractivity (Wildman–Crippen MR) is 131 cm³/mol. The van der Waals surface area contributed by atoms with Crippen LogP contribution in [0.25, 0.3) is 0 Å². The third-order valence-electron chi connectivity index (χ3n) is 6.23. The number of sulfonamides is 1. The molecule has 1 amide bonds. The lowest BCUT2D eigenvalue weighted by Crippen LogP contribution is -2.38. The molecule has 184 valence electrons. The average Bonchev–Trinajstić information content (AvgIpc) is 2.85. The molecule has 35 heavy (non-hydrogen) atoms. The minimum atomic E-state index is -4.07. The van der Waals surface area contributed by atoms with Crippen molar-refractivity contribution in [1.82, 2.24) is 9.88 Å². The number of aromatic nitrogens is 1. The van der Waals surface area contributed by atoms with Crippen molar-refractivity contribution in [2.24, 2.45) is 5.14 Å². The summed E-state index contributed by atoms with van der Waals surface area (Å²) in [6, 6.07) is 13.1. The van der Waals surface area contributed by atoms with Gasteiger partial charge in [-0.15, -0.1) is 0 Å². The Morgan fingerprint density at radius 1 is 1.11 bits per heavy atom. The number of primary sulfonamides is 1. The van der Waals surface area contributed by atoms with Crippen LogP contribution < -0.4 is 15.2 Å². The number of hydrogen-bond donors (Lipinski definition) is 2. The van der Waals surface area contributed by atoms with Crippen LogP contribution in [-0.2, 0) is 10.0 Å². The smallest absolute Gasteiger partial charge is 0.257 e. The van der Waals surface area contributed by atoms with Crippen LogP contribution >= 0.6 is 0 Å². The molecule has 0 atom stereocenters. The average molecular weight is 499 g/mol. The number of rotatable bonds is 6. The monoisotopic (exact) mass is 498 g/mol. The molecule has 2 heterocycles. The maximum Gasteiger partial charge on any atom is 0.257 e. The van der Waals surface area contributed by atoms with Crippen LogP contribution in [-0.4, -0.2) is 44.4 Å². The van der Waals surface area contributed by atoms with Crippen molar-refractivity contribution in [2.45, 2.75) is 30.7 Å². The van der Waals surface area contributed by atoms with Gasteiger partial charge in [-0.25, -0.2) is 22.9 Å². The van der Waals surface area contributed by atoms with Crippen LogP contribution in [0.3, 0.4) is 0 Å². The maximum absolute atomic E-state index is 13.4. The number of nitrogens with two attached hydrogens (primary N) is 1. The summed E-state index contributed by atoms with van der Waals surface area (Å²) in [4.78, 5) is 19.1. The van der Waals surface area contributed by atoms with E-state index in [-0.39, 0.29) is 28.2 Å². The lowest BCUT2D eigenvalue weighted by Gasteiger charge is -2.32. The fraction of sp³-hybridized carbons (Fsp3) is 0.280. The van der Waals surface area contributed by atoms with Crippen LogP contribution in [0.4, 0.5) is 15.8 Å². The molecule has 10 heteroatoms. The first-order valence-corrected chi connectivity index (χ1v) is 12.7. The van der Waals surface area contributed by atoms with Gasteiger partial charge in [-0.3, -0.25) is 4.79 Å². The number of anilines is 2. The van der Waals surface area contributed by atoms with Gasteiger partial charge in [0.25, 0.3) is 15.9 Å². The van der Waals surface area contributed by atoms with Crippen molar-refractivity contribution in [3.05, 3.63) is 77.2 Å². The maximum atomic E-state index is 13.4. The lowest BCUT2D eigenvalue weighted by atomic mass is 9.89. The predicted octanol–water partition coefficient (Wildman–Crippen LogP) is 3.95. The number of halogens is 1. The van der Waals surface area contributed by atoms with Gasteiger partial charge in [0.15, 0.2) is 5.03 Å². The van der Waals surface area contributed by atoms with E-state index in [1.54, 1.807) is 36.3 Å². The van der Waals surface area contributed by atoms with Crippen molar-refractivity contribution in [3.63, 3.8) is 0 Å². The number of aryl methyl sites for hydroxylation is 1. The number of benzene rings is 2. The van der Waals surface area contributed by atoms with Gasteiger partial charge in [0.05, 0.1) is 18.4 Å². The Balaban J connectivity index is 1.58. The molecule has 2 aromatic carbocycles. The van der Waals surface area contributed by atoms with Crippen molar-refractivity contribution < 1.29 is 22.3 Å². The summed E-state index contributed by atoms with van der Waals surface area (Å²) in [6.45, 7) is 2.89. The van der Waals surface area contributed by atoms with Crippen LogP contribution in [0.5, 0.6) is 5.75 Å². The number of carbonyl (C=O) groups is 1. The van der Waals surface area contributed by atoms with Crippen LogP contribution in [0.1, 0.15) is 40.2 Å². The summed E-state index contributed by atoms with van der Waals surface area (Å²) >= 11 is 0. The zero-order valence-corrected chi connectivity index (χ0v) is 20.3. The molecule has 1 fully saturated rings. The molecule has 0 unspecified atom stereocenters. The number of nitrogens with one attached hydrogen (secondary N) is 1. The fourth-order valence-corrected chi connectivity index (χ4v) is 4.72. The van der Waals surface area contributed by atoms with Crippen LogP contribution in [0.15, 0.2) is 59.8 Å². The molecule has 1 aliphatic heterocycles. The van der Waals surface area contributed by atoms with Gasteiger partial charge in [0, 0.05) is 31.0 Å². The number of piperidine rings is 1. The Bertz CT molecular complexity index is 1340. The summed E-state index contributed by atoms with van der Waals surface area (Å²) in [5.41, 5.74) is 3.11. The molecule has 0 spiro atoms. The standard InChI is InChI=1S/C25H27FN4O4S/c1-16-13-20(34-2)7-8-22(16)29-23-14-24(35(27,32)33)28-15-21(23)25(31)30-11-9-18(10-12-30)17-3-5-19(26)6-4-17/h3-8,13-15,18H,9-12H2,1-2H3,(H,28,29)(H2,27,32,33). The number of ether oxygens (including phenoxy) is 1. The van der Waals surface area contributed by atoms with Gasteiger partial charge in [0.1, 0.15) is 11.6 Å². The molecule has 0 saturated carbocycles. The van der Waals surface area contributed by atoms with E-state index in [0.29, 0.717) is 30.2 Å². The highest BCUT2D eigenvalue weighted by atomic mass is 32.2. The SMILES string of the molecule is COc1ccc(Nc2cc(S(N)(=O)=O)ncc2C(=O)N2CCC(c3ccc(F)cc3)CC2)c(C)c1. The highest BCUT2D eigenvalue weighted by molar-refractivity contribution is 7.89. The van der Waals surface area contributed by atoms with Gasteiger partial charge < -0.3 is 15.0 Å². The Kier molecular flexibility index (Phi) is 7.04. The number of nitrogens with zero attached hydrogens (tertiary/aromatic N) is 2. The molecule has 8 nitrogen and oxygen atoms in total. The summed E-state index contributed by atoms with van der Waals surface area (Å²) in [5.74, 6) is 0.379. The third kappa shape index (κ3) is 5.60. The first-order chi connectivity index (χ1) is 16.7. The normalized spacial score (nSPS) is 14.6. The van der Waals surface area contributed by atoms with E-state index in [2.05, 4.69) is 10.3 Å². The van der Waals surface area contributed by atoms with Crippen LogP contribution in [0, 0.1) is 12.7 Å². The van der Waals surface area contributed by atoms with Gasteiger partial charge >= 0.3 is 0 Å². The molecule has 0 radical (unpaired) electrons. The Morgan fingerprint density at radius 3 is 2.40 bits per heavy atom. The summed E-state index contributed by atoms with van der Waals surface area (Å²) in [5, 5.41) is 8.11. The van der Waals surface area contributed by atoms with Crippen molar-refractivity contribution >= 4 is 27.3 Å². The molecule has 1 saturated heterocycles. The lowest BCUT2D eigenvalue weighted by molar-refractivity contribution is 0.0713. The third-order valence-corrected chi connectivity index (χ3v) is 7.03. The molecule has 3 aromatic rings. The number of methoxy groups -OCH3 is 1. The van der Waals surface area contributed by atoms with Gasteiger partial charge in [0.2, 0.25) is 0 Å². The van der Waals surface area contributed by atoms with Crippen molar-refractivity contribution in [1.29, 1.82) is 0 Å². The molecule has 0 bridgehead atoms. The number of likely N-dealkylation sites (tertiary alicyclic amines) is 1. The Labute approximate surface area is 204 Å². The Morgan fingerprint density at radius 2 is 1.80 bits per heavy atom. The highest BCUT2D eigenvalue weighted by Gasteiger charge is 2.27. The van der Waals surface area contributed by atoms with E-state index >= 15 is 0 Å². The molecular weight excluding hydrogens is 471 g/mol. The zero-order valence-electron chi connectivity index (χ0n) is 19.5. The minimum absolute atomic E-state index is 0.238. The van der Waals surface area contributed by atoms with E-state index in [9.17, 15) is 17.6 Å². The number of amides is 1. The number of pyridine rings is 1. The van der Waals surface area contributed by atoms with E-state index in [1.807, 2.05) is 13.0 Å². The van der Waals surface area contributed by atoms with Gasteiger partial charge in [-0.05, 0) is 67.1 Å².